The fourth-order valence-corrected chi connectivity index (χ4v) is 0.726. The third-order valence-electron chi connectivity index (χ3n) is 1.41. The van der Waals surface area contributed by atoms with E-state index < -0.39 is 6.04 Å². The molecule has 13 heavy (non-hydrogen) atoms. The van der Waals surface area contributed by atoms with Gasteiger partial charge in [0.05, 0.1) is 12.6 Å². The van der Waals surface area contributed by atoms with Crippen LogP contribution < -0.4 is 11.1 Å². The Balaban J connectivity index is 3.21. The number of hydrogen-bond donors (Lipinski definition) is 2. The molecule has 1 atom stereocenters. The number of hydrogen-bond acceptors (Lipinski definition) is 3. The van der Waals surface area contributed by atoms with Gasteiger partial charge in [-0.25, -0.2) is 0 Å². The Hall–Kier alpha value is -0.610. The van der Waals surface area contributed by atoms with E-state index in [9.17, 15) is 4.79 Å². The Labute approximate surface area is 79.8 Å². The summed E-state index contributed by atoms with van der Waals surface area (Å²) in [5, 5.41) is 2.67. The molecule has 0 rings (SSSR count). The van der Waals surface area contributed by atoms with Crippen molar-refractivity contribution in [3.8, 4) is 0 Å². The Morgan fingerprint density at radius 1 is 1.46 bits per heavy atom. The second kappa shape index (κ2) is 6.86. The summed E-state index contributed by atoms with van der Waals surface area (Å²) in [6, 6.07) is -0.440. The van der Waals surface area contributed by atoms with Gasteiger partial charge in [-0.15, -0.1) is 0 Å². The molecule has 0 aliphatic carbocycles. The van der Waals surface area contributed by atoms with Crippen LogP contribution in [0.15, 0.2) is 0 Å². The fraction of sp³-hybridized carbons (Fsp3) is 0.889. The lowest BCUT2D eigenvalue weighted by Gasteiger charge is -2.09. The number of carbonyl (C=O) groups is 1. The third-order valence-corrected chi connectivity index (χ3v) is 1.41. The minimum Gasteiger partial charge on any atom is -0.379 e. The summed E-state index contributed by atoms with van der Waals surface area (Å²) in [5.41, 5.74) is 5.35. The summed E-state index contributed by atoms with van der Waals surface area (Å²) < 4.78 is 5.27. The minimum absolute atomic E-state index is 0.131. The van der Waals surface area contributed by atoms with Crippen molar-refractivity contribution in [2.45, 2.75) is 26.8 Å². The molecule has 1 amide bonds. The smallest absolute Gasteiger partial charge is 0.236 e. The van der Waals surface area contributed by atoms with E-state index in [1.165, 1.54) is 0 Å². The molecule has 0 bridgehead atoms. The van der Waals surface area contributed by atoms with E-state index in [4.69, 9.17) is 10.5 Å². The van der Waals surface area contributed by atoms with Crippen molar-refractivity contribution < 1.29 is 9.53 Å². The molecule has 0 aliphatic heterocycles. The van der Waals surface area contributed by atoms with Crippen molar-refractivity contribution in [3.63, 3.8) is 0 Å². The van der Waals surface area contributed by atoms with Gasteiger partial charge in [-0.3, -0.25) is 4.79 Å². The van der Waals surface area contributed by atoms with Crippen molar-refractivity contribution >= 4 is 5.91 Å². The molecular formula is C9H20N2O2. The Bertz CT molecular complexity index is 147. The van der Waals surface area contributed by atoms with E-state index in [0.717, 1.165) is 6.61 Å². The summed E-state index contributed by atoms with van der Waals surface area (Å²) in [5.74, 6) is 0.400. The van der Waals surface area contributed by atoms with Gasteiger partial charge in [0, 0.05) is 13.2 Å². The average Bonchev–Trinajstić information content (AvgIpc) is 2.02. The van der Waals surface area contributed by atoms with Crippen molar-refractivity contribution in [3.05, 3.63) is 0 Å². The van der Waals surface area contributed by atoms with Crippen LogP contribution in [0.1, 0.15) is 20.8 Å². The molecule has 4 heteroatoms. The molecule has 0 radical (unpaired) electrons. The summed E-state index contributed by atoms with van der Waals surface area (Å²) in [6.07, 6.45) is 0. The van der Waals surface area contributed by atoms with Crippen LogP contribution in [-0.4, -0.2) is 31.7 Å². The summed E-state index contributed by atoms with van der Waals surface area (Å²) >= 11 is 0. The molecule has 78 valence electrons. The standard InChI is InChI=1S/C9H20N2O2/c1-7(2)6-13-5-4-11-9(12)8(3)10/h7-8H,4-6,10H2,1-3H3,(H,11,12). The second-order valence-corrected chi connectivity index (χ2v) is 3.55. The van der Waals surface area contributed by atoms with E-state index in [1.807, 2.05) is 0 Å². The van der Waals surface area contributed by atoms with Gasteiger partial charge in [-0.2, -0.15) is 0 Å². The molecule has 0 saturated carbocycles. The second-order valence-electron chi connectivity index (χ2n) is 3.55. The number of ether oxygens (including phenoxy) is 1. The van der Waals surface area contributed by atoms with Gasteiger partial charge in [0.15, 0.2) is 0 Å². The highest BCUT2D eigenvalue weighted by molar-refractivity contribution is 5.80. The summed E-state index contributed by atoms with van der Waals surface area (Å²) in [7, 11) is 0. The summed E-state index contributed by atoms with van der Waals surface area (Å²) in [6.45, 7) is 7.64. The van der Waals surface area contributed by atoms with Crippen LogP contribution in [0.4, 0.5) is 0 Å². The minimum atomic E-state index is -0.440. The number of rotatable bonds is 6. The lowest BCUT2D eigenvalue weighted by atomic mass is 10.2. The van der Waals surface area contributed by atoms with E-state index in [-0.39, 0.29) is 5.91 Å². The first-order valence-electron chi connectivity index (χ1n) is 4.65. The van der Waals surface area contributed by atoms with Crippen LogP contribution in [0.2, 0.25) is 0 Å². The molecule has 3 N–H and O–H groups in total. The quantitative estimate of drug-likeness (QED) is 0.582. The number of nitrogens with one attached hydrogen (secondary N) is 1. The largest absolute Gasteiger partial charge is 0.379 e. The van der Waals surface area contributed by atoms with Gasteiger partial charge < -0.3 is 15.8 Å². The average molecular weight is 188 g/mol. The molecule has 4 nitrogen and oxygen atoms in total. The van der Waals surface area contributed by atoms with Crippen LogP contribution in [0.5, 0.6) is 0 Å². The van der Waals surface area contributed by atoms with Gasteiger partial charge in [0.1, 0.15) is 0 Å². The Morgan fingerprint density at radius 3 is 2.54 bits per heavy atom. The van der Waals surface area contributed by atoms with Gasteiger partial charge >= 0.3 is 0 Å². The molecule has 0 aromatic carbocycles. The maximum atomic E-state index is 10.9. The molecule has 0 saturated heterocycles. The Morgan fingerprint density at radius 2 is 2.08 bits per heavy atom. The fourth-order valence-electron chi connectivity index (χ4n) is 0.726. The van der Waals surface area contributed by atoms with Gasteiger partial charge in [-0.1, -0.05) is 13.8 Å². The maximum absolute atomic E-state index is 10.9. The molecule has 0 fully saturated rings. The molecule has 0 spiro atoms. The summed E-state index contributed by atoms with van der Waals surface area (Å²) in [4.78, 5) is 10.9. The first-order valence-corrected chi connectivity index (χ1v) is 4.65. The highest BCUT2D eigenvalue weighted by atomic mass is 16.5. The maximum Gasteiger partial charge on any atom is 0.236 e. The number of amides is 1. The lowest BCUT2D eigenvalue weighted by molar-refractivity contribution is -0.122. The normalized spacial score (nSPS) is 13.0. The molecule has 0 aromatic heterocycles. The zero-order valence-electron chi connectivity index (χ0n) is 8.67. The first-order chi connectivity index (χ1) is 6.04. The number of nitrogens with two attached hydrogens (primary N) is 1. The van der Waals surface area contributed by atoms with Crippen LogP contribution in [0, 0.1) is 5.92 Å². The SMILES string of the molecule is CC(C)COCCNC(=O)C(C)N. The van der Waals surface area contributed by atoms with Gasteiger partial charge in [0.2, 0.25) is 5.91 Å². The van der Waals surface area contributed by atoms with Crippen LogP contribution >= 0.6 is 0 Å². The predicted molar refractivity (Wildman–Crippen MR) is 52.3 cm³/mol. The molecular weight excluding hydrogens is 168 g/mol. The van der Waals surface area contributed by atoms with Crippen molar-refractivity contribution in [1.29, 1.82) is 0 Å². The lowest BCUT2D eigenvalue weighted by Crippen LogP contribution is -2.39. The van der Waals surface area contributed by atoms with E-state index in [2.05, 4.69) is 19.2 Å². The van der Waals surface area contributed by atoms with Crippen LogP contribution in [0.3, 0.4) is 0 Å². The van der Waals surface area contributed by atoms with E-state index >= 15 is 0 Å². The van der Waals surface area contributed by atoms with Gasteiger partial charge in [0.25, 0.3) is 0 Å². The topological polar surface area (TPSA) is 64.3 Å². The zero-order valence-corrected chi connectivity index (χ0v) is 8.67. The molecule has 0 heterocycles. The van der Waals surface area contributed by atoms with E-state index in [0.29, 0.717) is 19.1 Å². The number of carbonyl (C=O) groups excluding carboxylic acids is 1. The van der Waals surface area contributed by atoms with Crippen molar-refractivity contribution in [1.82, 2.24) is 5.32 Å². The monoisotopic (exact) mass is 188 g/mol. The van der Waals surface area contributed by atoms with E-state index in [1.54, 1.807) is 6.92 Å². The van der Waals surface area contributed by atoms with Crippen LogP contribution in [-0.2, 0) is 9.53 Å². The molecule has 0 aromatic rings. The van der Waals surface area contributed by atoms with Crippen molar-refractivity contribution in [2.75, 3.05) is 19.8 Å². The van der Waals surface area contributed by atoms with Crippen molar-refractivity contribution in [2.24, 2.45) is 11.7 Å². The highest BCUT2D eigenvalue weighted by Crippen LogP contribution is 1.90. The Kier molecular flexibility index (Phi) is 6.54. The zero-order chi connectivity index (χ0) is 10.3. The molecule has 1 unspecified atom stereocenters. The van der Waals surface area contributed by atoms with Gasteiger partial charge in [-0.05, 0) is 12.8 Å². The highest BCUT2D eigenvalue weighted by Gasteiger charge is 2.04. The predicted octanol–water partition coefficient (Wildman–Crippen LogP) is 0.122. The first kappa shape index (κ1) is 12.4. The molecule has 0 aliphatic rings. The van der Waals surface area contributed by atoms with Crippen LogP contribution in [0.25, 0.3) is 0 Å². The third kappa shape index (κ3) is 7.74.